The van der Waals surface area contributed by atoms with Gasteiger partial charge in [0.2, 0.25) is 5.91 Å². The van der Waals surface area contributed by atoms with E-state index in [9.17, 15) is 14.9 Å². The molecule has 2 N–H and O–H groups in total. The molecule has 1 aliphatic carbocycles. The van der Waals surface area contributed by atoms with Crippen molar-refractivity contribution in [2.45, 2.75) is 56.3 Å². The summed E-state index contributed by atoms with van der Waals surface area (Å²) in [6, 6.07) is 15.9. The molecular formula is C27H30N4O3. The number of nitrogens with zero attached hydrogens (tertiary/aromatic N) is 2. The summed E-state index contributed by atoms with van der Waals surface area (Å²) >= 11 is 0. The Kier molecular flexibility index (Phi) is 5.67. The number of carbonyl (C=O) groups excluding carboxylic acids is 2. The summed E-state index contributed by atoms with van der Waals surface area (Å²) in [6.45, 7) is 1.80. The largest absolute Gasteiger partial charge is 0.364 e. The molecule has 7 nitrogen and oxygen atoms in total. The summed E-state index contributed by atoms with van der Waals surface area (Å²) in [4.78, 5) is 27.0. The number of rotatable bonds is 6. The molecular weight excluding hydrogens is 428 g/mol. The molecule has 5 rings (SSSR count). The van der Waals surface area contributed by atoms with Gasteiger partial charge in [-0.3, -0.25) is 9.59 Å². The van der Waals surface area contributed by atoms with Gasteiger partial charge in [-0.1, -0.05) is 36.4 Å². The number of piperidine rings is 1. The highest BCUT2D eigenvalue weighted by atomic mass is 16.5. The van der Waals surface area contributed by atoms with E-state index in [-0.39, 0.29) is 17.9 Å². The number of amides is 2. The number of ether oxygens (including phenoxy) is 1. The summed E-state index contributed by atoms with van der Waals surface area (Å²) in [5.41, 5.74) is 3.74. The molecule has 1 saturated heterocycles. The molecule has 1 saturated carbocycles. The number of hydrogen-bond donors (Lipinski definition) is 2. The number of carbonyl (C=O) groups is 2. The minimum Gasteiger partial charge on any atom is -0.364 e. The average Bonchev–Trinajstić information content (AvgIpc) is 3.55. The lowest BCUT2D eigenvalue weighted by Crippen LogP contribution is -2.50. The van der Waals surface area contributed by atoms with E-state index in [2.05, 4.69) is 16.7 Å². The molecule has 2 aromatic rings. The highest BCUT2D eigenvalue weighted by Crippen LogP contribution is 2.43. The Hall–Kier alpha value is -3.21. The van der Waals surface area contributed by atoms with Crippen LogP contribution < -0.4 is 15.5 Å². The molecule has 0 radical (unpaired) electrons. The predicted molar refractivity (Wildman–Crippen MR) is 129 cm³/mol. The van der Waals surface area contributed by atoms with Gasteiger partial charge in [0.15, 0.2) is 5.60 Å². The molecule has 5 atom stereocenters. The monoisotopic (exact) mass is 458 g/mol. The van der Waals surface area contributed by atoms with Gasteiger partial charge in [0.1, 0.15) is 6.04 Å². The van der Waals surface area contributed by atoms with Crippen LogP contribution in [-0.2, 0) is 26.3 Å². The van der Waals surface area contributed by atoms with E-state index in [1.807, 2.05) is 42.5 Å². The molecule has 2 amide bonds. The third-order valence-corrected chi connectivity index (χ3v) is 7.84. The summed E-state index contributed by atoms with van der Waals surface area (Å²) < 4.78 is 5.54. The van der Waals surface area contributed by atoms with Crippen LogP contribution in [0.1, 0.15) is 37.3 Å². The van der Waals surface area contributed by atoms with E-state index in [1.54, 1.807) is 26.0 Å². The van der Waals surface area contributed by atoms with Crippen molar-refractivity contribution in [1.29, 1.82) is 5.26 Å². The molecule has 2 aliphatic heterocycles. The number of hydrogen-bond acceptors (Lipinski definition) is 5. The maximum atomic E-state index is 12.7. The quantitative estimate of drug-likeness (QED) is 0.694. The third kappa shape index (κ3) is 3.67. The molecule has 7 heteroatoms. The second kappa shape index (κ2) is 8.53. The van der Waals surface area contributed by atoms with Crippen molar-refractivity contribution < 1.29 is 14.3 Å². The Labute approximate surface area is 200 Å². The fourth-order valence-electron chi connectivity index (χ4n) is 5.74. The van der Waals surface area contributed by atoms with Gasteiger partial charge in [-0.2, -0.15) is 5.26 Å². The second-order valence-corrected chi connectivity index (χ2v) is 9.84. The van der Waals surface area contributed by atoms with Gasteiger partial charge in [-0.05, 0) is 54.9 Å². The Balaban J connectivity index is 1.27. The summed E-state index contributed by atoms with van der Waals surface area (Å²) in [6.07, 6.45) is 3.75. The van der Waals surface area contributed by atoms with Crippen LogP contribution in [0.25, 0.3) is 11.1 Å². The zero-order chi connectivity index (χ0) is 24.0. The van der Waals surface area contributed by atoms with Crippen LogP contribution in [0.4, 0.5) is 5.69 Å². The number of benzene rings is 2. The third-order valence-electron chi connectivity index (χ3n) is 7.84. The zero-order valence-electron chi connectivity index (χ0n) is 19.8. The van der Waals surface area contributed by atoms with E-state index < -0.39 is 11.6 Å². The fourth-order valence-corrected chi connectivity index (χ4v) is 5.74. The van der Waals surface area contributed by atoms with Crippen molar-refractivity contribution in [3.8, 4) is 17.2 Å². The lowest BCUT2D eigenvalue weighted by atomic mass is 9.94. The van der Waals surface area contributed by atoms with Crippen LogP contribution in [0.5, 0.6) is 0 Å². The SMILES string of the molecule is COC1(C)C(=O)N(C)c2cc(-c3ccc(C[C@@H](C#N)NC(=O)C4N[C@@H]5CC[C@H]4C5)cc3)ccc21. The van der Waals surface area contributed by atoms with Gasteiger partial charge in [-0.25, -0.2) is 0 Å². The lowest BCUT2D eigenvalue weighted by Gasteiger charge is -2.23. The normalized spacial score (nSPS) is 28.0. The first-order valence-corrected chi connectivity index (χ1v) is 11.9. The molecule has 2 heterocycles. The lowest BCUT2D eigenvalue weighted by molar-refractivity contribution is -0.137. The molecule has 34 heavy (non-hydrogen) atoms. The van der Waals surface area contributed by atoms with Crippen LogP contribution in [0.15, 0.2) is 42.5 Å². The highest BCUT2D eigenvalue weighted by Gasteiger charge is 2.46. The summed E-state index contributed by atoms with van der Waals surface area (Å²) in [5, 5.41) is 15.9. The van der Waals surface area contributed by atoms with Gasteiger partial charge < -0.3 is 20.3 Å². The number of likely N-dealkylation sites (N-methyl/N-ethyl adjacent to an activating group) is 1. The van der Waals surface area contributed by atoms with Crippen molar-refractivity contribution in [3.63, 3.8) is 0 Å². The van der Waals surface area contributed by atoms with Crippen molar-refractivity contribution in [3.05, 3.63) is 53.6 Å². The van der Waals surface area contributed by atoms with Gasteiger partial charge >= 0.3 is 0 Å². The van der Waals surface area contributed by atoms with Crippen molar-refractivity contribution in [1.82, 2.24) is 10.6 Å². The standard InChI is InChI=1S/C27H30N4O3/c1-27(34-3)22-11-9-18(14-23(22)31(2)26(27)33)17-6-4-16(5-7-17)12-21(15-28)30-25(32)24-19-8-10-20(13-19)29-24/h4-7,9,11,14,19-21,24,29H,8,10,12-13H2,1-3H3,(H,30,32)/t19-,20+,21-,24?,27?/m0/s1. The summed E-state index contributed by atoms with van der Waals surface area (Å²) in [5.74, 6) is 0.255. The fraction of sp³-hybridized carbons (Fsp3) is 0.444. The topological polar surface area (TPSA) is 94.5 Å². The maximum absolute atomic E-state index is 12.7. The van der Waals surface area contributed by atoms with Crippen LogP contribution in [-0.4, -0.2) is 44.1 Å². The van der Waals surface area contributed by atoms with E-state index in [0.717, 1.165) is 47.2 Å². The van der Waals surface area contributed by atoms with Crippen LogP contribution in [0.2, 0.25) is 0 Å². The molecule has 0 aromatic heterocycles. The smallest absolute Gasteiger partial charge is 0.263 e. The Morgan fingerprint density at radius 2 is 2.00 bits per heavy atom. The molecule has 3 aliphatic rings. The summed E-state index contributed by atoms with van der Waals surface area (Å²) in [7, 11) is 3.32. The number of anilines is 1. The van der Waals surface area contributed by atoms with Gasteiger partial charge in [-0.15, -0.1) is 0 Å². The van der Waals surface area contributed by atoms with Crippen molar-refractivity contribution >= 4 is 17.5 Å². The molecule has 176 valence electrons. The van der Waals surface area contributed by atoms with Gasteiger partial charge in [0.05, 0.1) is 17.8 Å². The van der Waals surface area contributed by atoms with Crippen molar-refractivity contribution in [2.24, 2.45) is 5.92 Å². The van der Waals surface area contributed by atoms with E-state index in [4.69, 9.17) is 4.74 Å². The van der Waals surface area contributed by atoms with Crippen molar-refractivity contribution in [2.75, 3.05) is 19.1 Å². The minimum atomic E-state index is -0.962. The maximum Gasteiger partial charge on any atom is 0.263 e. The number of fused-ring (bicyclic) bond motifs is 3. The van der Waals surface area contributed by atoms with Crippen LogP contribution >= 0.6 is 0 Å². The number of methoxy groups -OCH3 is 1. The molecule has 2 bridgehead atoms. The van der Waals surface area contributed by atoms with E-state index in [1.165, 1.54) is 0 Å². The molecule has 0 spiro atoms. The first-order chi connectivity index (χ1) is 16.3. The minimum absolute atomic E-state index is 0.0600. The second-order valence-electron chi connectivity index (χ2n) is 9.84. The first-order valence-electron chi connectivity index (χ1n) is 11.9. The average molecular weight is 459 g/mol. The van der Waals surface area contributed by atoms with Gasteiger partial charge in [0.25, 0.3) is 5.91 Å². The molecule has 2 aromatic carbocycles. The highest BCUT2D eigenvalue weighted by molar-refractivity contribution is 6.07. The number of nitrogens with one attached hydrogen (secondary N) is 2. The molecule has 2 unspecified atom stereocenters. The Morgan fingerprint density at radius 1 is 1.26 bits per heavy atom. The Morgan fingerprint density at radius 3 is 2.62 bits per heavy atom. The van der Waals surface area contributed by atoms with Crippen LogP contribution in [0.3, 0.4) is 0 Å². The van der Waals surface area contributed by atoms with Crippen LogP contribution in [0, 0.1) is 17.2 Å². The number of nitriles is 1. The first kappa shape index (κ1) is 22.6. The van der Waals surface area contributed by atoms with Gasteiger partial charge in [0, 0.05) is 32.2 Å². The van der Waals surface area contributed by atoms with E-state index in [0.29, 0.717) is 18.4 Å². The molecule has 2 fully saturated rings. The van der Waals surface area contributed by atoms with E-state index >= 15 is 0 Å². The Bertz CT molecular complexity index is 1170. The predicted octanol–water partition coefficient (Wildman–Crippen LogP) is 2.88. The zero-order valence-corrected chi connectivity index (χ0v) is 19.8.